The van der Waals surface area contributed by atoms with Crippen LogP contribution in [0.2, 0.25) is 0 Å². The lowest BCUT2D eigenvalue weighted by atomic mass is 9.68. The van der Waals surface area contributed by atoms with E-state index < -0.39 is 0 Å². The van der Waals surface area contributed by atoms with Crippen molar-refractivity contribution in [2.24, 2.45) is 0 Å². The number of hydrogen-bond acceptors (Lipinski definition) is 4. The van der Waals surface area contributed by atoms with Gasteiger partial charge in [0.1, 0.15) is 23.0 Å². The van der Waals surface area contributed by atoms with E-state index in [4.69, 9.17) is 0 Å². The zero-order valence-corrected chi connectivity index (χ0v) is 28.4. The molecule has 0 radical (unpaired) electrons. The molecule has 0 saturated carbocycles. The molecule has 4 aromatic carbocycles. The Hall–Kier alpha value is -3.92. The number of phenols is 4. The second kappa shape index (κ2) is 19.0. The Morgan fingerprint density at radius 2 is 0.723 bits per heavy atom. The molecule has 4 heteroatoms. The van der Waals surface area contributed by atoms with Gasteiger partial charge in [-0.3, -0.25) is 0 Å². The molecule has 47 heavy (non-hydrogen) atoms. The standard InChI is InChI=1S/C43H56O4/c1-2-3-4-5-7-10-13-32-43(36-20-28-40(46)29-21-36,37-22-30-41(47)31-23-37)33-14-11-8-6-9-12-15-42(34-16-24-38(44)25-17-34)35-18-26-39(45)27-19-35/h16-31,42,44-47H,2-15,32-33H2,1H3. The molecule has 0 fully saturated rings. The average Bonchev–Trinajstić information content (AvgIpc) is 3.08. The molecule has 4 rings (SSSR count). The molecule has 4 nitrogen and oxygen atoms in total. The summed E-state index contributed by atoms with van der Waals surface area (Å²) >= 11 is 0. The average molecular weight is 637 g/mol. The third-order valence-electron chi connectivity index (χ3n) is 9.98. The van der Waals surface area contributed by atoms with E-state index in [0.29, 0.717) is 11.5 Å². The summed E-state index contributed by atoms with van der Waals surface area (Å²) in [4.78, 5) is 0. The highest BCUT2D eigenvalue weighted by atomic mass is 16.3. The summed E-state index contributed by atoms with van der Waals surface area (Å²) in [6.45, 7) is 2.26. The monoisotopic (exact) mass is 636 g/mol. The van der Waals surface area contributed by atoms with Crippen molar-refractivity contribution in [3.8, 4) is 23.0 Å². The second-order valence-corrected chi connectivity index (χ2v) is 13.4. The Labute approximate surface area is 283 Å². The molecule has 0 saturated heterocycles. The van der Waals surface area contributed by atoms with Crippen molar-refractivity contribution in [3.63, 3.8) is 0 Å². The predicted octanol–water partition coefficient (Wildman–Crippen LogP) is 11.9. The van der Waals surface area contributed by atoms with Crippen molar-refractivity contribution in [2.75, 3.05) is 0 Å². The van der Waals surface area contributed by atoms with E-state index in [2.05, 4.69) is 31.2 Å². The molecule has 4 N–H and O–H groups in total. The van der Waals surface area contributed by atoms with Crippen LogP contribution in [0.3, 0.4) is 0 Å². The molecule has 0 atom stereocenters. The number of benzene rings is 4. The van der Waals surface area contributed by atoms with Crippen molar-refractivity contribution in [2.45, 2.75) is 121 Å². The number of unbranched alkanes of at least 4 members (excludes halogenated alkanes) is 11. The van der Waals surface area contributed by atoms with Gasteiger partial charge < -0.3 is 20.4 Å². The minimum atomic E-state index is -0.147. The maximum atomic E-state index is 10.1. The van der Waals surface area contributed by atoms with E-state index in [1.165, 1.54) is 86.5 Å². The van der Waals surface area contributed by atoms with Crippen LogP contribution < -0.4 is 0 Å². The van der Waals surface area contributed by atoms with Crippen LogP contribution >= 0.6 is 0 Å². The SMILES string of the molecule is CCCCCCCCCC(CCCCCCCCC(c1ccc(O)cc1)c1ccc(O)cc1)(c1ccc(O)cc1)c1ccc(O)cc1. The van der Waals surface area contributed by atoms with Crippen LogP contribution in [0.25, 0.3) is 0 Å². The Bertz CT molecular complexity index is 1320. The highest BCUT2D eigenvalue weighted by Gasteiger charge is 2.33. The van der Waals surface area contributed by atoms with Gasteiger partial charge in [0.25, 0.3) is 0 Å². The van der Waals surface area contributed by atoms with Crippen LogP contribution in [0.4, 0.5) is 0 Å². The van der Waals surface area contributed by atoms with E-state index in [-0.39, 0.29) is 22.8 Å². The van der Waals surface area contributed by atoms with Crippen LogP contribution in [0, 0.1) is 0 Å². The van der Waals surface area contributed by atoms with Crippen molar-refractivity contribution < 1.29 is 20.4 Å². The third kappa shape index (κ3) is 11.1. The summed E-state index contributed by atoms with van der Waals surface area (Å²) in [7, 11) is 0. The van der Waals surface area contributed by atoms with E-state index in [0.717, 1.165) is 38.5 Å². The van der Waals surface area contributed by atoms with Gasteiger partial charge in [-0.15, -0.1) is 0 Å². The first-order valence-electron chi connectivity index (χ1n) is 18.1. The van der Waals surface area contributed by atoms with E-state index in [9.17, 15) is 20.4 Å². The molecule has 0 aliphatic carbocycles. The Kier molecular flexibility index (Phi) is 14.5. The lowest BCUT2D eigenvalue weighted by molar-refractivity contribution is 0.388. The second-order valence-electron chi connectivity index (χ2n) is 13.4. The Morgan fingerprint density at radius 3 is 1.11 bits per heavy atom. The van der Waals surface area contributed by atoms with Crippen LogP contribution in [-0.2, 0) is 5.41 Å². The van der Waals surface area contributed by atoms with Gasteiger partial charge in [-0.25, -0.2) is 0 Å². The van der Waals surface area contributed by atoms with Gasteiger partial charge in [-0.1, -0.05) is 139 Å². The largest absolute Gasteiger partial charge is 0.508 e. The molecular formula is C43H56O4. The zero-order valence-electron chi connectivity index (χ0n) is 28.4. The summed E-state index contributed by atoms with van der Waals surface area (Å²) in [5.74, 6) is 1.38. The maximum absolute atomic E-state index is 10.1. The molecule has 0 spiro atoms. The summed E-state index contributed by atoms with van der Waals surface area (Å²) in [5, 5.41) is 39.8. The minimum absolute atomic E-state index is 0.147. The summed E-state index contributed by atoms with van der Waals surface area (Å²) < 4.78 is 0. The highest BCUT2D eigenvalue weighted by Crippen LogP contribution is 2.43. The molecule has 0 aliphatic heterocycles. The molecule has 0 aromatic heterocycles. The molecule has 0 unspecified atom stereocenters. The van der Waals surface area contributed by atoms with E-state index >= 15 is 0 Å². The molecule has 252 valence electrons. The molecular weight excluding hydrogens is 580 g/mol. The predicted molar refractivity (Wildman–Crippen MR) is 195 cm³/mol. The van der Waals surface area contributed by atoms with Gasteiger partial charge in [0, 0.05) is 11.3 Å². The smallest absolute Gasteiger partial charge is 0.115 e. The maximum Gasteiger partial charge on any atom is 0.115 e. The van der Waals surface area contributed by atoms with Crippen LogP contribution in [-0.4, -0.2) is 20.4 Å². The molecule has 0 aliphatic rings. The first kappa shape index (κ1) is 35.9. The van der Waals surface area contributed by atoms with Crippen molar-refractivity contribution in [3.05, 3.63) is 119 Å². The number of hydrogen-bond donors (Lipinski definition) is 4. The quantitative estimate of drug-likeness (QED) is 0.0686. The summed E-state index contributed by atoms with van der Waals surface area (Å²) in [5.41, 5.74) is 4.73. The summed E-state index contributed by atoms with van der Waals surface area (Å²) in [6.07, 6.45) is 19.0. The minimum Gasteiger partial charge on any atom is -0.508 e. The summed E-state index contributed by atoms with van der Waals surface area (Å²) in [6, 6.07) is 30.7. The van der Waals surface area contributed by atoms with Crippen molar-refractivity contribution in [1.29, 1.82) is 0 Å². The fraction of sp³-hybridized carbons (Fsp3) is 0.442. The fourth-order valence-electron chi connectivity index (χ4n) is 7.24. The van der Waals surface area contributed by atoms with E-state index in [1.54, 1.807) is 24.3 Å². The van der Waals surface area contributed by atoms with Gasteiger partial charge >= 0.3 is 0 Å². The number of rotatable bonds is 21. The van der Waals surface area contributed by atoms with Gasteiger partial charge in [0.15, 0.2) is 0 Å². The van der Waals surface area contributed by atoms with Crippen molar-refractivity contribution in [1.82, 2.24) is 0 Å². The Balaban J connectivity index is 1.34. The van der Waals surface area contributed by atoms with Crippen molar-refractivity contribution >= 4 is 0 Å². The molecule has 0 amide bonds. The number of aromatic hydroxyl groups is 4. The molecule has 0 bridgehead atoms. The number of phenolic OH excluding ortho intramolecular Hbond substituents is 4. The third-order valence-corrected chi connectivity index (χ3v) is 9.98. The first-order chi connectivity index (χ1) is 22.9. The first-order valence-corrected chi connectivity index (χ1v) is 18.1. The van der Waals surface area contributed by atoms with Gasteiger partial charge in [-0.05, 0) is 90.0 Å². The topological polar surface area (TPSA) is 80.9 Å². The van der Waals surface area contributed by atoms with Gasteiger partial charge in [-0.2, -0.15) is 0 Å². The highest BCUT2D eigenvalue weighted by molar-refractivity contribution is 5.43. The van der Waals surface area contributed by atoms with Crippen LogP contribution in [0.15, 0.2) is 97.1 Å². The lowest BCUT2D eigenvalue weighted by Gasteiger charge is -2.36. The van der Waals surface area contributed by atoms with Gasteiger partial charge in [0.2, 0.25) is 0 Å². The molecule has 0 heterocycles. The van der Waals surface area contributed by atoms with Crippen LogP contribution in [0.5, 0.6) is 23.0 Å². The zero-order chi connectivity index (χ0) is 33.3. The molecule has 4 aromatic rings. The Morgan fingerprint density at radius 1 is 0.404 bits per heavy atom. The van der Waals surface area contributed by atoms with Gasteiger partial charge in [0.05, 0.1) is 0 Å². The van der Waals surface area contributed by atoms with E-state index in [1.807, 2.05) is 48.5 Å². The lowest BCUT2D eigenvalue weighted by Crippen LogP contribution is -2.28. The normalized spacial score (nSPS) is 11.7. The van der Waals surface area contributed by atoms with Crippen LogP contribution in [0.1, 0.15) is 138 Å². The fourth-order valence-corrected chi connectivity index (χ4v) is 7.24.